The number of nitriles is 1. The molecule has 0 N–H and O–H groups in total. The van der Waals surface area contributed by atoms with Crippen LogP contribution in [0, 0.1) is 11.3 Å². The van der Waals surface area contributed by atoms with E-state index in [1.54, 1.807) is 0 Å². The van der Waals surface area contributed by atoms with Gasteiger partial charge in [-0.25, -0.2) is 0 Å². The SMILES string of the molecule is CCCCn1c(C#N)c2c(cc1=O)CCCC2=O. The number of carbonyl (C=O) groups is 1. The smallest absolute Gasteiger partial charge is 0.251 e. The van der Waals surface area contributed by atoms with E-state index < -0.39 is 0 Å². The van der Waals surface area contributed by atoms with Crippen molar-refractivity contribution in [3.63, 3.8) is 0 Å². The maximum atomic E-state index is 12.0. The van der Waals surface area contributed by atoms with Gasteiger partial charge < -0.3 is 0 Å². The first-order valence-corrected chi connectivity index (χ1v) is 6.39. The highest BCUT2D eigenvalue weighted by Crippen LogP contribution is 2.22. The lowest BCUT2D eigenvalue weighted by atomic mass is 9.90. The number of aromatic nitrogens is 1. The molecule has 0 spiro atoms. The summed E-state index contributed by atoms with van der Waals surface area (Å²) in [6.07, 6.45) is 3.76. The van der Waals surface area contributed by atoms with Crippen LogP contribution in [0.15, 0.2) is 10.9 Å². The Morgan fingerprint density at radius 1 is 1.39 bits per heavy atom. The molecule has 0 aromatic carbocycles. The standard InChI is InChI=1S/C14H16N2O2/c1-2-3-7-16-11(9-15)14-10(8-13(16)18)5-4-6-12(14)17/h8H,2-7H2,1H3. The van der Waals surface area contributed by atoms with Crippen LogP contribution in [0.3, 0.4) is 0 Å². The first kappa shape index (κ1) is 12.6. The van der Waals surface area contributed by atoms with E-state index in [2.05, 4.69) is 0 Å². The molecule has 1 aliphatic carbocycles. The quantitative estimate of drug-likeness (QED) is 0.817. The molecule has 4 heteroatoms. The normalized spacial score (nSPS) is 14.1. The van der Waals surface area contributed by atoms with Crippen LogP contribution in [0.2, 0.25) is 0 Å². The Kier molecular flexibility index (Phi) is 3.61. The van der Waals surface area contributed by atoms with E-state index >= 15 is 0 Å². The van der Waals surface area contributed by atoms with Gasteiger partial charge in [-0.3, -0.25) is 14.2 Å². The lowest BCUT2D eigenvalue weighted by Crippen LogP contribution is -2.28. The average Bonchev–Trinajstić information content (AvgIpc) is 2.36. The number of carbonyl (C=O) groups excluding carboxylic acids is 1. The monoisotopic (exact) mass is 244 g/mol. The second-order valence-corrected chi connectivity index (χ2v) is 4.63. The molecule has 1 aliphatic rings. The van der Waals surface area contributed by atoms with E-state index in [1.807, 2.05) is 13.0 Å². The third kappa shape index (κ3) is 2.08. The van der Waals surface area contributed by atoms with Crippen molar-refractivity contribution in [2.45, 2.75) is 45.6 Å². The summed E-state index contributed by atoms with van der Waals surface area (Å²) in [6, 6.07) is 3.58. The van der Waals surface area contributed by atoms with Crippen molar-refractivity contribution < 1.29 is 4.79 Å². The van der Waals surface area contributed by atoms with Gasteiger partial charge in [0.05, 0.1) is 5.56 Å². The zero-order valence-corrected chi connectivity index (χ0v) is 10.5. The molecule has 1 aromatic rings. The van der Waals surface area contributed by atoms with Crippen LogP contribution >= 0.6 is 0 Å². The van der Waals surface area contributed by atoms with Gasteiger partial charge in [0.2, 0.25) is 0 Å². The molecule has 0 atom stereocenters. The number of unbranched alkanes of at least 4 members (excludes halogenated alkanes) is 1. The Balaban J connectivity index is 2.62. The minimum absolute atomic E-state index is 0.00181. The van der Waals surface area contributed by atoms with Gasteiger partial charge in [0.15, 0.2) is 5.78 Å². The van der Waals surface area contributed by atoms with Gasteiger partial charge in [-0.2, -0.15) is 5.26 Å². The second kappa shape index (κ2) is 5.18. The Hall–Kier alpha value is -1.89. The van der Waals surface area contributed by atoms with Gasteiger partial charge in [0.1, 0.15) is 11.8 Å². The summed E-state index contributed by atoms with van der Waals surface area (Å²) in [5.74, 6) is -0.00181. The van der Waals surface area contributed by atoms with Crippen LogP contribution in [-0.4, -0.2) is 10.4 Å². The van der Waals surface area contributed by atoms with Gasteiger partial charge in [0, 0.05) is 19.0 Å². The molecule has 1 aromatic heterocycles. The molecule has 4 nitrogen and oxygen atoms in total. The summed E-state index contributed by atoms with van der Waals surface area (Å²) in [4.78, 5) is 23.9. The molecule has 0 amide bonds. The number of aryl methyl sites for hydroxylation is 1. The highest BCUT2D eigenvalue weighted by Gasteiger charge is 2.24. The molecule has 0 aliphatic heterocycles. The summed E-state index contributed by atoms with van der Waals surface area (Å²) in [7, 11) is 0. The molecular weight excluding hydrogens is 228 g/mol. The molecule has 0 saturated heterocycles. The van der Waals surface area contributed by atoms with Crippen molar-refractivity contribution in [1.29, 1.82) is 5.26 Å². The Morgan fingerprint density at radius 2 is 2.17 bits per heavy atom. The number of nitrogens with zero attached hydrogens (tertiary/aromatic N) is 2. The van der Waals surface area contributed by atoms with Crippen LogP contribution in [-0.2, 0) is 13.0 Å². The van der Waals surface area contributed by atoms with Crippen molar-refractivity contribution >= 4 is 5.78 Å². The molecule has 0 unspecified atom stereocenters. The fourth-order valence-corrected chi connectivity index (χ4v) is 2.42. The highest BCUT2D eigenvalue weighted by molar-refractivity contribution is 6.00. The summed E-state index contributed by atoms with van der Waals surface area (Å²) < 4.78 is 1.45. The number of rotatable bonds is 3. The molecule has 94 valence electrons. The van der Waals surface area contributed by atoms with Crippen LogP contribution < -0.4 is 5.56 Å². The highest BCUT2D eigenvalue weighted by atomic mass is 16.1. The number of Topliss-reactive ketones (excluding diaryl/α,β-unsaturated/α-hetero) is 1. The van der Waals surface area contributed by atoms with Crippen LogP contribution in [0.1, 0.15) is 54.2 Å². The van der Waals surface area contributed by atoms with Gasteiger partial charge in [-0.05, 0) is 24.8 Å². The number of pyridine rings is 1. The van der Waals surface area contributed by atoms with Gasteiger partial charge in [0.25, 0.3) is 5.56 Å². The van der Waals surface area contributed by atoms with Crippen LogP contribution in [0.4, 0.5) is 0 Å². The van der Waals surface area contributed by atoms with Crippen molar-refractivity contribution in [2.75, 3.05) is 0 Å². The number of hydrogen-bond acceptors (Lipinski definition) is 3. The predicted octanol–water partition coefficient (Wildman–Crippen LogP) is 2.04. The average molecular weight is 244 g/mol. The number of ketones is 1. The molecule has 2 rings (SSSR count). The summed E-state index contributed by atoms with van der Waals surface area (Å²) >= 11 is 0. The first-order valence-electron chi connectivity index (χ1n) is 6.39. The minimum Gasteiger partial charge on any atom is -0.299 e. The third-order valence-corrected chi connectivity index (χ3v) is 3.36. The van der Waals surface area contributed by atoms with Crippen molar-refractivity contribution in [3.05, 3.63) is 33.2 Å². The Bertz CT molecular complexity index is 579. The molecule has 1 heterocycles. The van der Waals surface area contributed by atoms with Crippen molar-refractivity contribution in [3.8, 4) is 6.07 Å². The van der Waals surface area contributed by atoms with Crippen LogP contribution in [0.5, 0.6) is 0 Å². The summed E-state index contributed by atoms with van der Waals surface area (Å²) in [5.41, 5.74) is 1.34. The zero-order valence-electron chi connectivity index (χ0n) is 10.5. The third-order valence-electron chi connectivity index (χ3n) is 3.36. The first-order chi connectivity index (χ1) is 8.69. The van der Waals surface area contributed by atoms with Gasteiger partial charge in [-0.1, -0.05) is 13.3 Å². The number of hydrogen-bond donors (Lipinski definition) is 0. The van der Waals surface area contributed by atoms with E-state index in [-0.39, 0.29) is 17.0 Å². The maximum absolute atomic E-state index is 12.0. The fourth-order valence-electron chi connectivity index (χ4n) is 2.42. The van der Waals surface area contributed by atoms with E-state index in [0.717, 1.165) is 31.2 Å². The van der Waals surface area contributed by atoms with Gasteiger partial charge in [-0.15, -0.1) is 0 Å². The van der Waals surface area contributed by atoms with E-state index in [9.17, 15) is 14.9 Å². The topological polar surface area (TPSA) is 62.9 Å². The van der Waals surface area contributed by atoms with E-state index in [1.165, 1.54) is 10.6 Å². The lowest BCUT2D eigenvalue weighted by Gasteiger charge is -2.18. The molecule has 0 radical (unpaired) electrons. The predicted molar refractivity (Wildman–Crippen MR) is 67.6 cm³/mol. The van der Waals surface area contributed by atoms with E-state index in [4.69, 9.17) is 0 Å². The minimum atomic E-state index is -0.159. The molecule has 18 heavy (non-hydrogen) atoms. The molecular formula is C14H16N2O2. The Morgan fingerprint density at radius 3 is 2.83 bits per heavy atom. The Labute approximate surface area is 106 Å². The molecule has 0 saturated carbocycles. The van der Waals surface area contributed by atoms with Crippen molar-refractivity contribution in [2.24, 2.45) is 0 Å². The second-order valence-electron chi connectivity index (χ2n) is 4.63. The molecule has 0 fully saturated rings. The van der Waals surface area contributed by atoms with E-state index in [0.29, 0.717) is 18.5 Å². The zero-order chi connectivity index (χ0) is 13.1. The molecule has 0 bridgehead atoms. The summed E-state index contributed by atoms with van der Waals surface area (Å²) in [6.45, 7) is 2.54. The number of fused-ring (bicyclic) bond motifs is 1. The lowest BCUT2D eigenvalue weighted by molar-refractivity contribution is 0.0971. The largest absolute Gasteiger partial charge is 0.299 e. The fraction of sp³-hybridized carbons (Fsp3) is 0.500. The van der Waals surface area contributed by atoms with Crippen molar-refractivity contribution in [1.82, 2.24) is 4.57 Å². The maximum Gasteiger partial charge on any atom is 0.251 e. The van der Waals surface area contributed by atoms with Crippen LogP contribution in [0.25, 0.3) is 0 Å². The van der Waals surface area contributed by atoms with Gasteiger partial charge >= 0.3 is 0 Å². The summed E-state index contributed by atoms with van der Waals surface area (Å²) in [5, 5.41) is 9.25.